The monoisotopic (exact) mass is 448 g/mol. The number of hydrogen-bond donors (Lipinski definition) is 2. The number of amides is 2. The van der Waals surface area contributed by atoms with Crippen molar-refractivity contribution in [1.82, 2.24) is 10.6 Å². The second-order valence-corrected chi connectivity index (χ2v) is 10.5. The van der Waals surface area contributed by atoms with Gasteiger partial charge in [-0.05, 0) is 40.0 Å². The predicted octanol–water partition coefficient (Wildman–Crippen LogP) is 3.47. The molecule has 0 bridgehead atoms. The molecule has 0 spiro atoms. The molecule has 2 radical (unpaired) electrons. The van der Waals surface area contributed by atoms with Crippen LogP contribution in [0.25, 0.3) is 0 Å². The van der Waals surface area contributed by atoms with Crippen molar-refractivity contribution in [3.05, 3.63) is 13.8 Å². The topological polar surface area (TPSA) is 104 Å². The van der Waals surface area contributed by atoms with Crippen molar-refractivity contribution in [2.75, 3.05) is 41.1 Å². The predicted molar refractivity (Wildman–Crippen MR) is 117 cm³/mol. The second-order valence-electron chi connectivity index (χ2n) is 7.40. The summed E-state index contributed by atoms with van der Waals surface area (Å²) in [5.74, 6) is 0. The van der Waals surface area contributed by atoms with Crippen LogP contribution in [0.2, 0.25) is 6.04 Å². The van der Waals surface area contributed by atoms with E-state index in [1.54, 1.807) is 28.3 Å². The van der Waals surface area contributed by atoms with E-state index in [-0.39, 0.29) is 0 Å². The number of unbranched alkanes of at least 4 members (excludes halogenated alkanes) is 5. The normalized spacial score (nSPS) is 11.8. The van der Waals surface area contributed by atoms with E-state index >= 15 is 0 Å². The first-order valence-corrected chi connectivity index (χ1v) is 12.3. The third-order valence-electron chi connectivity index (χ3n) is 4.27. The highest BCUT2D eigenvalue weighted by Gasteiger charge is 2.36. The lowest BCUT2D eigenvalue weighted by atomic mass is 10.1. The van der Waals surface area contributed by atoms with Gasteiger partial charge in [0.05, 0.1) is 13.2 Å². The Morgan fingerprint density at radius 1 is 0.800 bits per heavy atom. The zero-order valence-electron chi connectivity index (χ0n) is 19.1. The van der Waals surface area contributed by atoms with Gasteiger partial charge in [0.2, 0.25) is 0 Å². The van der Waals surface area contributed by atoms with Gasteiger partial charge in [-0.25, -0.2) is 9.59 Å². The van der Waals surface area contributed by atoms with Crippen LogP contribution in [0, 0.1) is 13.8 Å². The van der Waals surface area contributed by atoms with Crippen LogP contribution in [0.3, 0.4) is 0 Å². The smallest absolute Gasteiger partial charge is 0.450 e. The zero-order chi connectivity index (χ0) is 22.9. The Bertz CT molecular complexity index is 460. The maximum Gasteiger partial charge on any atom is 0.500 e. The van der Waals surface area contributed by atoms with Gasteiger partial charge >= 0.3 is 21.0 Å². The first-order chi connectivity index (χ1) is 14.2. The average molecular weight is 449 g/mol. The average Bonchev–Trinajstić information content (AvgIpc) is 2.68. The summed E-state index contributed by atoms with van der Waals surface area (Å²) >= 11 is 0. The molecule has 0 rings (SSSR count). The van der Waals surface area contributed by atoms with Crippen LogP contribution in [0.1, 0.15) is 51.9 Å². The Hall–Kier alpha value is -1.36. The number of carbonyl (C=O) groups excluding carboxylic acids is 2. The van der Waals surface area contributed by atoms with E-state index in [0.29, 0.717) is 32.2 Å². The highest BCUT2D eigenvalue weighted by Crippen LogP contribution is 2.14. The van der Waals surface area contributed by atoms with E-state index in [1.807, 2.05) is 0 Å². The van der Waals surface area contributed by atoms with Gasteiger partial charge in [-0.3, -0.25) is 0 Å². The van der Waals surface area contributed by atoms with Gasteiger partial charge in [-0.15, -0.1) is 0 Å². The third-order valence-corrected chi connectivity index (χ3v) is 7.10. The maximum atomic E-state index is 11.7. The lowest BCUT2D eigenvalue weighted by molar-refractivity contribution is 0.122. The molecule has 0 atom stereocenters. The van der Waals surface area contributed by atoms with Gasteiger partial charge in [0.25, 0.3) is 0 Å². The summed E-state index contributed by atoms with van der Waals surface area (Å²) in [6.45, 7) is 10.3. The molecule has 0 heterocycles. The molecule has 0 aromatic rings. The highest BCUT2D eigenvalue weighted by molar-refractivity contribution is 6.60. The van der Waals surface area contributed by atoms with Crippen molar-refractivity contribution in [2.45, 2.75) is 63.5 Å². The Morgan fingerprint density at radius 3 is 1.73 bits per heavy atom. The van der Waals surface area contributed by atoms with Crippen molar-refractivity contribution in [2.24, 2.45) is 0 Å². The van der Waals surface area contributed by atoms with Crippen LogP contribution < -0.4 is 10.6 Å². The van der Waals surface area contributed by atoms with Crippen LogP contribution in [0.4, 0.5) is 9.59 Å². The van der Waals surface area contributed by atoms with Gasteiger partial charge < -0.3 is 33.4 Å². The van der Waals surface area contributed by atoms with Crippen LogP contribution >= 0.6 is 0 Å². The minimum atomic E-state index is -2.58. The molecule has 10 heteroatoms. The van der Waals surface area contributed by atoms with Gasteiger partial charge in [-0.2, -0.15) is 0 Å². The lowest BCUT2D eigenvalue weighted by Crippen LogP contribution is -2.43. The Labute approximate surface area is 182 Å². The number of carbonyl (C=O) groups is 2. The number of nitrogens with one attached hydrogen (secondary N) is 2. The minimum Gasteiger partial charge on any atom is -0.450 e. The Kier molecular flexibility index (Phi) is 15.6. The summed E-state index contributed by atoms with van der Waals surface area (Å²) in [5, 5.41) is 5.25. The van der Waals surface area contributed by atoms with Crippen molar-refractivity contribution >= 4 is 21.0 Å². The fourth-order valence-corrected chi connectivity index (χ4v) is 4.35. The first-order valence-electron chi connectivity index (χ1n) is 10.4. The second kappa shape index (κ2) is 16.3. The van der Waals surface area contributed by atoms with Crippen LogP contribution in [-0.4, -0.2) is 67.6 Å². The van der Waals surface area contributed by atoms with Gasteiger partial charge in [-0.1, -0.05) is 25.7 Å². The molecule has 30 heavy (non-hydrogen) atoms. The Balaban J connectivity index is 3.50. The molecule has 0 aliphatic carbocycles. The molecule has 2 N–H and O–H groups in total. The van der Waals surface area contributed by atoms with E-state index in [4.69, 9.17) is 22.8 Å². The number of rotatable bonds is 17. The zero-order valence-corrected chi connectivity index (χ0v) is 20.1. The number of hydrogen-bond acceptors (Lipinski definition) is 7. The summed E-state index contributed by atoms with van der Waals surface area (Å²) in [5.41, 5.74) is -0.776. The highest BCUT2D eigenvalue weighted by atomic mass is 28.4. The summed E-state index contributed by atoms with van der Waals surface area (Å²) in [6, 6.07) is 0.623. The molecule has 0 aromatic heterocycles. The van der Waals surface area contributed by atoms with E-state index in [1.165, 1.54) is 0 Å². The quantitative estimate of drug-likeness (QED) is 0.259. The fourth-order valence-electron chi connectivity index (χ4n) is 2.63. The molecule has 9 nitrogen and oxygen atoms in total. The van der Waals surface area contributed by atoms with Crippen LogP contribution in [0.15, 0.2) is 0 Å². The molecule has 176 valence electrons. The van der Waals surface area contributed by atoms with Gasteiger partial charge in [0.15, 0.2) is 0 Å². The van der Waals surface area contributed by atoms with E-state index in [0.717, 1.165) is 38.5 Å². The molecule has 0 saturated heterocycles. The van der Waals surface area contributed by atoms with Crippen LogP contribution in [-0.2, 0) is 22.8 Å². The van der Waals surface area contributed by atoms with Crippen molar-refractivity contribution < 1.29 is 32.3 Å². The fraction of sp³-hybridized carbons (Fsp3) is 0.800. The summed E-state index contributed by atoms with van der Waals surface area (Å²) in [4.78, 5) is 23.1. The maximum absolute atomic E-state index is 11.7. The Morgan fingerprint density at radius 2 is 1.27 bits per heavy atom. The largest absolute Gasteiger partial charge is 0.500 e. The SMILES string of the molecule is [CH2]C([CH2])(C)NC(=O)OCCCCCCCCOC(=O)NCCC[Si](OC)(OC)OC. The molecular formula is C20H40N2O7Si. The van der Waals surface area contributed by atoms with E-state index in [2.05, 4.69) is 24.5 Å². The van der Waals surface area contributed by atoms with Gasteiger partial charge in [0, 0.05) is 39.5 Å². The van der Waals surface area contributed by atoms with Crippen molar-refractivity contribution in [3.63, 3.8) is 0 Å². The standard InChI is InChI=1S/C20H40N2O7Si/c1-20(2,3)22-19(24)29-16-12-10-8-7-9-11-15-28-18(23)21-14-13-17-30(25-4,26-5)27-6/h1-2,7-17H2,3-6H3,(H,21,23)(H,22,24). The van der Waals surface area contributed by atoms with Gasteiger partial charge in [0.1, 0.15) is 0 Å². The number of alkyl carbamates (subject to hydrolysis) is 2. The molecule has 0 aliphatic rings. The number of ether oxygens (including phenoxy) is 2. The minimum absolute atomic E-state index is 0.383. The molecule has 0 aromatic carbocycles. The van der Waals surface area contributed by atoms with E-state index in [9.17, 15) is 9.59 Å². The molecule has 0 unspecified atom stereocenters. The molecular weight excluding hydrogens is 408 g/mol. The lowest BCUT2D eigenvalue weighted by Gasteiger charge is -2.24. The molecule has 0 fully saturated rings. The van der Waals surface area contributed by atoms with Crippen molar-refractivity contribution in [3.8, 4) is 0 Å². The van der Waals surface area contributed by atoms with E-state index < -0.39 is 26.5 Å². The summed E-state index contributed by atoms with van der Waals surface area (Å²) in [6.07, 6.45) is 5.48. The molecule has 0 aliphatic heterocycles. The van der Waals surface area contributed by atoms with Crippen molar-refractivity contribution in [1.29, 1.82) is 0 Å². The summed E-state index contributed by atoms with van der Waals surface area (Å²) in [7, 11) is 2.12. The van der Waals surface area contributed by atoms with Crippen LogP contribution in [0.5, 0.6) is 0 Å². The summed E-state index contributed by atoms with van der Waals surface area (Å²) < 4.78 is 26.2. The third kappa shape index (κ3) is 15.5. The molecule has 2 amide bonds. The first kappa shape index (κ1) is 28.6. The molecule has 0 saturated carbocycles.